The summed E-state index contributed by atoms with van der Waals surface area (Å²) in [7, 11) is 1.60. The molecular weight excluding hydrogens is 318 g/mol. The summed E-state index contributed by atoms with van der Waals surface area (Å²) in [5.74, 6) is -0.300. The topological polar surface area (TPSA) is 64.6 Å². The van der Waals surface area contributed by atoms with Crippen molar-refractivity contribution in [2.24, 2.45) is 0 Å². The fourth-order valence-electron chi connectivity index (χ4n) is 2.46. The minimum absolute atomic E-state index is 0.279. The van der Waals surface area contributed by atoms with E-state index in [-0.39, 0.29) is 24.4 Å². The molecule has 1 unspecified atom stereocenters. The lowest BCUT2D eigenvalue weighted by atomic mass is 9.97. The van der Waals surface area contributed by atoms with E-state index in [4.69, 9.17) is 9.47 Å². The van der Waals surface area contributed by atoms with Crippen molar-refractivity contribution in [1.29, 1.82) is 0 Å². The van der Waals surface area contributed by atoms with Gasteiger partial charge in [0.05, 0.1) is 13.0 Å². The van der Waals surface area contributed by atoms with Crippen LogP contribution in [0.4, 0.5) is 0 Å². The molecule has 0 spiro atoms. The van der Waals surface area contributed by atoms with Crippen LogP contribution < -0.4 is 10.1 Å². The molecule has 5 nitrogen and oxygen atoms in total. The average Bonchev–Trinajstić information content (AvgIpc) is 2.66. The van der Waals surface area contributed by atoms with Gasteiger partial charge in [-0.15, -0.1) is 0 Å². The fraction of sp³-hybridized carbons (Fsp3) is 0.300. The summed E-state index contributed by atoms with van der Waals surface area (Å²) < 4.78 is 10.2. The summed E-state index contributed by atoms with van der Waals surface area (Å²) in [6, 6.07) is 16.8. The van der Waals surface area contributed by atoms with Crippen LogP contribution in [0.5, 0.6) is 5.75 Å². The van der Waals surface area contributed by atoms with Crippen molar-refractivity contribution in [3.8, 4) is 5.75 Å². The third kappa shape index (κ3) is 5.64. The maximum absolute atomic E-state index is 12.2. The van der Waals surface area contributed by atoms with Crippen molar-refractivity contribution in [1.82, 2.24) is 5.32 Å². The van der Waals surface area contributed by atoms with Gasteiger partial charge < -0.3 is 14.8 Å². The summed E-state index contributed by atoms with van der Waals surface area (Å²) in [6.45, 7) is 2.01. The predicted molar refractivity (Wildman–Crippen MR) is 95.3 cm³/mol. The van der Waals surface area contributed by atoms with Crippen molar-refractivity contribution < 1.29 is 19.1 Å². The normalized spacial score (nSPS) is 11.4. The smallest absolute Gasteiger partial charge is 0.313 e. The van der Waals surface area contributed by atoms with Crippen LogP contribution >= 0.6 is 0 Å². The molecule has 2 rings (SSSR count). The molecule has 2 aromatic rings. The van der Waals surface area contributed by atoms with Gasteiger partial charge in [-0.2, -0.15) is 0 Å². The van der Waals surface area contributed by atoms with Gasteiger partial charge in [0.2, 0.25) is 0 Å². The number of ether oxygens (including phenoxy) is 2. The second kappa shape index (κ2) is 9.47. The van der Waals surface area contributed by atoms with Crippen molar-refractivity contribution >= 4 is 11.9 Å². The molecule has 0 saturated heterocycles. The second-order valence-electron chi connectivity index (χ2n) is 5.60. The molecule has 0 saturated carbocycles. The lowest BCUT2D eigenvalue weighted by Gasteiger charge is -2.14. The molecule has 0 fully saturated rings. The van der Waals surface area contributed by atoms with E-state index < -0.39 is 0 Å². The van der Waals surface area contributed by atoms with E-state index >= 15 is 0 Å². The first-order valence-corrected chi connectivity index (χ1v) is 8.25. The van der Waals surface area contributed by atoms with Crippen LogP contribution in [0.15, 0.2) is 54.6 Å². The maximum Gasteiger partial charge on any atom is 0.313 e. The van der Waals surface area contributed by atoms with Crippen LogP contribution in [0.3, 0.4) is 0 Å². The zero-order valence-corrected chi connectivity index (χ0v) is 14.5. The Bertz CT molecular complexity index is 683. The number of rotatable bonds is 8. The number of hydrogen-bond acceptors (Lipinski definition) is 4. The largest absolute Gasteiger partial charge is 0.497 e. The number of carbonyl (C=O) groups is 2. The lowest BCUT2D eigenvalue weighted by Crippen LogP contribution is -2.29. The zero-order chi connectivity index (χ0) is 18.1. The van der Waals surface area contributed by atoms with Gasteiger partial charge in [-0.25, -0.2) is 0 Å². The molecule has 0 aliphatic carbocycles. The molecule has 25 heavy (non-hydrogen) atoms. The molecule has 0 aliphatic heterocycles. The van der Waals surface area contributed by atoms with E-state index in [1.807, 2.05) is 61.5 Å². The number of hydrogen-bond donors (Lipinski definition) is 1. The van der Waals surface area contributed by atoms with E-state index in [1.54, 1.807) is 7.11 Å². The predicted octanol–water partition coefficient (Wildman–Crippen LogP) is 3.05. The first-order chi connectivity index (χ1) is 12.1. The van der Waals surface area contributed by atoms with E-state index in [0.29, 0.717) is 13.0 Å². The minimum atomic E-state index is -0.381. The highest BCUT2D eigenvalue weighted by atomic mass is 16.5. The summed E-state index contributed by atoms with van der Waals surface area (Å²) in [5, 5.41) is 2.73. The monoisotopic (exact) mass is 341 g/mol. The fourth-order valence-corrected chi connectivity index (χ4v) is 2.46. The van der Waals surface area contributed by atoms with Gasteiger partial charge in [0.25, 0.3) is 5.91 Å². The Balaban J connectivity index is 1.79. The Morgan fingerprint density at radius 2 is 1.72 bits per heavy atom. The van der Waals surface area contributed by atoms with Gasteiger partial charge in [0.15, 0.2) is 6.61 Å². The highest BCUT2D eigenvalue weighted by Crippen LogP contribution is 2.20. The third-order valence-corrected chi connectivity index (χ3v) is 3.89. The Morgan fingerprint density at radius 3 is 2.32 bits per heavy atom. The molecule has 1 amide bonds. The highest BCUT2D eigenvalue weighted by molar-refractivity contribution is 5.83. The summed E-state index contributed by atoms with van der Waals surface area (Å²) >= 11 is 0. The summed E-state index contributed by atoms with van der Waals surface area (Å²) in [6.07, 6.45) is 0.621. The number of carbonyl (C=O) groups excluding carboxylic acids is 2. The van der Waals surface area contributed by atoms with Crippen molar-refractivity contribution in [3.05, 3.63) is 65.7 Å². The molecule has 5 heteroatoms. The Kier molecular flexibility index (Phi) is 7.01. The molecule has 0 aromatic heterocycles. The average molecular weight is 341 g/mol. The molecular formula is C20H23NO4. The Morgan fingerprint density at radius 1 is 1.04 bits per heavy atom. The van der Waals surface area contributed by atoms with E-state index in [1.165, 1.54) is 0 Å². The summed E-state index contributed by atoms with van der Waals surface area (Å²) in [4.78, 5) is 24.1. The van der Waals surface area contributed by atoms with Crippen LogP contribution in [0.1, 0.15) is 30.4 Å². The van der Waals surface area contributed by atoms with Crippen LogP contribution in [-0.4, -0.2) is 25.6 Å². The van der Waals surface area contributed by atoms with Gasteiger partial charge in [-0.1, -0.05) is 49.4 Å². The SMILES string of the molecule is CCC(C(=O)OCC(=O)NCc1ccc(OC)cc1)c1ccccc1. The standard InChI is InChI=1S/C20H23NO4/c1-3-18(16-7-5-4-6-8-16)20(23)25-14-19(22)21-13-15-9-11-17(24-2)12-10-15/h4-12,18H,3,13-14H2,1-2H3,(H,21,22). The zero-order valence-electron chi connectivity index (χ0n) is 14.5. The van der Waals surface area contributed by atoms with Crippen molar-refractivity contribution in [2.75, 3.05) is 13.7 Å². The lowest BCUT2D eigenvalue weighted by molar-refractivity contribution is -0.150. The molecule has 132 valence electrons. The van der Waals surface area contributed by atoms with Gasteiger partial charge >= 0.3 is 5.97 Å². The number of nitrogens with one attached hydrogen (secondary N) is 1. The number of esters is 1. The van der Waals surface area contributed by atoms with Gasteiger partial charge in [0, 0.05) is 6.54 Å². The second-order valence-corrected chi connectivity index (χ2v) is 5.60. The van der Waals surface area contributed by atoms with Gasteiger partial charge in [-0.05, 0) is 29.7 Å². The molecule has 1 atom stereocenters. The van der Waals surface area contributed by atoms with Gasteiger partial charge in [0.1, 0.15) is 5.75 Å². The van der Waals surface area contributed by atoms with Gasteiger partial charge in [-0.3, -0.25) is 9.59 Å². The first kappa shape index (κ1) is 18.5. The molecule has 0 radical (unpaired) electrons. The van der Waals surface area contributed by atoms with E-state index in [9.17, 15) is 9.59 Å². The maximum atomic E-state index is 12.2. The van der Waals surface area contributed by atoms with Crippen molar-refractivity contribution in [2.45, 2.75) is 25.8 Å². The number of amides is 1. The molecule has 0 bridgehead atoms. The third-order valence-electron chi connectivity index (χ3n) is 3.89. The minimum Gasteiger partial charge on any atom is -0.497 e. The number of methoxy groups -OCH3 is 1. The molecule has 0 aliphatic rings. The Hall–Kier alpha value is -2.82. The highest BCUT2D eigenvalue weighted by Gasteiger charge is 2.20. The van der Waals surface area contributed by atoms with Crippen LogP contribution in [0, 0.1) is 0 Å². The van der Waals surface area contributed by atoms with E-state index in [0.717, 1.165) is 16.9 Å². The quantitative estimate of drug-likeness (QED) is 0.750. The van der Waals surface area contributed by atoms with E-state index in [2.05, 4.69) is 5.32 Å². The molecule has 0 heterocycles. The Labute approximate surface area is 148 Å². The van der Waals surface area contributed by atoms with Crippen LogP contribution in [0.25, 0.3) is 0 Å². The first-order valence-electron chi connectivity index (χ1n) is 8.25. The van der Waals surface area contributed by atoms with Crippen LogP contribution in [0.2, 0.25) is 0 Å². The molecule has 1 N–H and O–H groups in total. The van der Waals surface area contributed by atoms with Crippen molar-refractivity contribution in [3.63, 3.8) is 0 Å². The van der Waals surface area contributed by atoms with Crippen LogP contribution in [-0.2, 0) is 20.9 Å². The summed E-state index contributed by atoms with van der Waals surface area (Å²) in [5.41, 5.74) is 1.84. The number of benzene rings is 2. The molecule has 2 aromatic carbocycles.